The van der Waals surface area contributed by atoms with Crippen LogP contribution in [0.1, 0.15) is 94.2 Å². The minimum Gasteiger partial charge on any atom is -0.107 e. The van der Waals surface area contributed by atoms with Gasteiger partial charge in [0.2, 0.25) is 19.9 Å². The first kappa shape index (κ1) is 36.3. The Morgan fingerprint density at radius 1 is 0.388 bits per heavy atom. The zero-order valence-corrected chi connectivity index (χ0v) is 39.4. The summed E-state index contributed by atoms with van der Waals surface area (Å²) in [6.07, 6.45) is 0. The van der Waals surface area contributed by atoms with Crippen LogP contribution in [0.4, 0.5) is 0 Å². The van der Waals surface area contributed by atoms with Crippen LogP contribution >= 0.6 is 129 Å². The van der Waals surface area contributed by atoms with Crippen molar-refractivity contribution in [3.8, 4) is 0 Å². The Kier molecular flexibility index (Phi) is 8.56. The van der Waals surface area contributed by atoms with Crippen LogP contribution in [0.3, 0.4) is 0 Å². The molecule has 0 aliphatic carbocycles. The Morgan fingerprint density at radius 2 is 0.694 bits per heavy atom. The average Bonchev–Trinajstić information content (AvgIpc) is 3.71. The average molecular weight is 869 g/mol. The summed E-state index contributed by atoms with van der Waals surface area (Å²) in [5.41, 5.74) is 4.54. The minimum absolute atomic E-state index is 0.0850. The number of rotatable bonds is 2. The van der Waals surface area contributed by atoms with Gasteiger partial charge in [-0.25, -0.2) is 0 Å². The molecule has 0 aromatic heterocycles. The van der Waals surface area contributed by atoms with E-state index in [9.17, 15) is 0 Å². The predicted molar refractivity (Wildman–Crippen MR) is 236 cm³/mol. The molecule has 0 fully saturated rings. The molecule has 6 heterocycles. The van der Waals surface area contributed by atoms with Crippen molar-refractivity contribution in [1.82, 2.24) is 0 Å². The van der Waals surface area contributed by atoms with Crippen molar-refractivity contribution in [3.05, 3.63) is 39.1 Å². The van der Waals surface area contributed by atoms with E-state index in [0.29, 0.717) is 0 Å². The van der Waals surface area contributed by atoms with E-state index in [1.54, 1.807) is 0 Å². The lowest BCUT2D eigenvalue weighted by Gasteiger charge is -2.23. The third-order valence-corrected chi connectivity index (χ3v) is 25.2. The smallest absolute Gasteiger partial charge is 0.107 e. The summed E-state index contributed by atoms with van der Waals surface area (Å²) in [4.78, 5) is 16.3. The zero-order chi connectivity index (χ0) is 34.8. The molecule has 0 amide bonds. The topological polar surface area (TPSA) is 0 Å². The second kappa shape index (κ2) is 11.6. The third kappa shape index (κ3) is 6.30. The summed E-state index contributed by atoms with van der Waals surface area (Å²) in [6, 6.07) is 7.65. The number of hydrogen-bond donors (Lipinski definition) is 0. The molecule has 3 aromatic carbocycles. The van der Waals surface area contributed by atoms with Gasteiger partial charge in [0.1, 0.15) is 0 Å². The standard InChI is InChI=1S/C37H39S12/c1-32(2)38-16-13-17-27(45-33(3,4)39-17)23(26(16)44-32)22(24-28-18(40-34(5,6)46-28)14-19-29(24)47-35(7,8)41-19)25-30-20(42-36(9,10)48-30)15-21-31(25)49-37(11,12)43-21/h13-15H,1-12H3/q+1. The van der Waals surface area contributed by atoms with Gasteiger partial charge in [-0.2, -0.15) is 0 Å². The van der Waals surface area contributed by atoms with Gasteiger partial charge in [0.05, 0.1) is 30.5 Å². The molecular formula is C37H39S12+. The molecule has 0 bridgehead atoms. The van der Waals surface area contributed by atoms with Crippen molar-refractivity contribution in [3.63, 3.8) is 0 Å². The Balaban J connectivity index is 1.54. The van der Waals surface area contributed by atoms with Gasteiger partial charge in [0, 0.05) is 79.5 Å². The molecule has 0 saturated carbocycles. The summed E-state index contributed by atoms with van der Waals surface area (Å²) < 4.78 is 2.01. The van der Waals surface area contributed by atoms with E-state index >= 15 is 0 Å². The number of benzene rings is 3. The number of thioether (sulfide) groups is 11. The fourth-order valence-electron chi connectivity index (χ4n) is 7.11. The molecular weight excluding hydrogens is 829 g/mol. The molecule has 49 heavy (non-hydrogen) atoms. The summed E-state index contributed by atoms with van der Waals surface area (Å²) in [7, 11) is 0. The van der Waals surface area contributed by atoms with Crippen molar-refractivity contribution >= 4 is 146 Å². The Morgan fingerprint density at radius 3 is 1.06 bits per heavy atom. The van der Waals surface area contributed by atoms with Crippen LogP contribution in [0.5, 0.6) is 0 Å². The Hall–Kier alpha value is 1.60. The lowest BCUT2D eigenvalue weighted by molar-refractivity contribution is 1.02. The lowest BCUT2D eigenvalue weighted by atomic mass is 9.94. The van der Waals surface area contributed by atoms with Crippen molar-refractivity contribution < 1.29 is 0 Å². The van der Waals surface area contributed by atoms with Crippen LogP contribution in [0.25, 0.3) is 5.57 Å². The molecule has 0 spiro atoms. The van der Waals surface area contributed by atoms with Crippen LogP contribution in [0.2, 0.25) is 0 Å². The molecule has 0 N–H and O–H groups in total. The molecule has 6 aliphatic heterocycles. The third-order valence-electron chi connectivity index (χ3n) is 8.46. The molecule has 0 radical (unpaired) electrons. The normalized spacial score (nSPS) is 24.6. The van der Waals surface area contributed by atoms with E-state index in [0.717, 1.165) is 0 Å². The maximum absolute atomic E-state index is 2.55. The molecule has 0 nitrogen and oxygen atoms in total. The first-order valence-electron chi connectivity index (χ1n) is 16.4. The molecule has 3 aromatic rings. The minimum atomic E-state index is 0.0850. The van der Waals surface area contributed by atoms with Crippen molar-refractivity contribution in [2.24, 2.45) is 0 Å². The van der Waals surface area contributed by atoms with Crippen LogP contribution < -0.4 is 5.22 Å². The lowest BCUT2D eigenvalue weighted by Crippen LogP contribution is -2.18. The quantitative estimate of drug-likeness (QED) is 0.179. The largest absolute Gasteiger partial charge is 0.248 e. The molecule has 12 heteroatoms. The van der Waals surface area contributed by atoms with E-state index in [1.165, 1.54) is 80.3 Å². The highest BCUT2D eigenvalue weighted by Gasteiger charge is 2.48. The number of fused-ring (bicyclic) bond motifs is 6. The Labute approximate surface area is 342 Å². The highest BCUT2D eigenvalue weighted by molar-refractivity contribution is 8.23. The molecule has 6 aliphatic rings. The van der Waals surface area contributed by atoms with Gasteiger partial charge in [0.25, 0.3) is 0 Å². The highest BCUT2D eigenvalue weighted by Crippen LogP contribution is 2.69. The van der Waals surface area contributed by atoms with Gasteiger partial charge in [-0.05, 0) is 87.4 Å². The monoisotopic (exact) mass is 867 g/mol. The van der Waals surface area contributed by atoms with Crippen LogP contribution in [-0.2, 0) is 11.4 Å². The van der Waals surface area contributed by atoms with Crippen LogP contribution in [0.15, 0.2) is 72.0 Å². The molecule has 0 saturated heterocycles. The second-order valence-electron chi connectivity index (χ2n) is 15.7. The Bertz CT molecular complexity index is 1990. The second-order valence-corrected chi connectivity index (χ2v) is 37.1. The highest BCUT2D eigenvalue weighted by atomic mass is 32.2. The maximum atomic E-state index is 2.55. The van der Waals surface area contributed by atoms with E-state index in [2.05, 4.69) is 242 Å². The fraction of sp³-hybridized carbons (Fsp3) is 0.486. The molecule has 0 unspecified atom stereocenters. The summed E-state index contributed by atoms with van der Waals surface area (Å²) >= 11 is 25.1. The first-order valence-corrected chi connectivity index (χ1v) is 26.2. The SMILES string of the molecule is CC1(C)Sc2cc3c(c(C(c4c5c(cc6c4SC(C)(C)S6)SC(C)(C)S5)=c4c5c(cc6c4=[S+]C(C)(C)S6)SC(C)(C)S5)c2S1)SC(C)(C)S3. The van der Waals surface area contributed by atoms with Crippen LogP contribution in [-0.4, -0.2) is 24.5 Å². The summed E-state index contributed by atoms with van der Waals surface area (Å²) in [5.74, 6) is 0. The van der Waals surface area contributed by atoms with E-state index in [1.807, 2.05) is 0 Å². The molecule has 258 valence electrons. The van der Waals surface area contributed by atoms with Gasteiger partial charge in [0.15, 0.2) is 0 Å². The van der Waals surface area contributed by atoms with Crippen molar-refractivity contribution in [2.75, 3.05) is 0 Å². The molecule has 9 rings (SSSR count). The van der Waals surface area contributed by atoms with Gasteiger partial charge in [-0.3, -0.25) is 0 Å². The van der Waals surface area contributed by atoms with E-state index < -0.39 is 0 Å². The zero-order valence-electron chi connectivity index (χ0n) is 29.6. The van der Waals surface area contributed by atoms with Crippen molar-refractivity contribution in [1.29, 1.82) is 0 Å². The van der Waals surface area contributed by atoms with Crippen LogP contribution in [0, 0.1) is 4.51 Å². The maximum Gasteiger partial charge on any atom is 0.248 e. The summed E-state index contributed by atoms with van der Waals surface area (Å²) in [6.45, 7) is 29.1. The fourth-order valence-corrected chi connectivity index (χ4v) is 24.3. The van der Waals surface area contributed by atoms with Gasteiger partial charge >= 0.3 is 0 Å². The number of hydrogen-bond acceptors (Lipinski definition) is 11. The van der Waals surface area contributed by atoms with Gasteiger partial charge < -0.3 is 0 Å². The molecule has 0 atom stereocenters. The van der Waals surface area contributed by atoms with E-state index in [-0.39, 0.29) is 24.5 Å². The predicted octanol–water partition coefficient (Wildman–Crippen LogP) is 14.8. The first-order chi connectivity index (χ1) is 22.6. The summed E-state index contributed by atoms with van der Waals surface area (Å²) in [5, 5.41) is 1.51. The van der Waals surface area contributed by atoms with E-state index in [4.69, 9.17) is 0 Å². The van der Waals surface area contributed by atoms with Gasteiger partial charge in [-0.1, -0.05) is 11.8 Å². The van der Waals surface area contributed by atoms with Crippen molar-refractivity contribution in [2.45, 2.75) is 161 Å². The van der Waals surface area contributed by atoms with Gasteiger partial charge in [-0.15, -0.1) is 118 Å².